The maximum Gasteiger partial charge on any atom is 0.152 e. The Hall–Kier alpha value is -0.870. The van der Waals surface area contributed by atoms with Gasteiger partial charge in [0.2, 0.25) is 0 Å². The summed E-state index contributed by atoms with van der Waals surface area (Å²) in [6.45, 7) is 2.67. The predicted octanol–water partition coefficient (Wildman–Crippen LogP) is -1.44. The van der Waals surface area contributed by atoms with E-state index in [2.05, 4.69) is 17.2 Å². The van der Waals surface area contributed by atoms with Gasteiger partial charge in [0.25, 0.3) is 0 Å². The van der Waals surface area contributed by atoms with E-state index in [1.165, 1.54) is 5.56 Å². The lowest BCUT2D eigenvalue weighted by atomic mass is 10.2. The Morgan fingerprint density at radius 1 is 1.27 bits per heavy atom. The number of hydrogen-bond acceptors (Lipinski definition) is 1. The Balaban J connectivity index is 0.00000196. The SMILES string of the molecule is C/C(N)=N/[N+](C)(C)Cc1ccccc1.[Br-]. The average molecular weight is 272 g/mol. The van der Waals surface area contributed by atoms with Gasteiger partial charge in [-0.3, -0.25) is 0 Å². The number of nitrogens with zero attached hydrogens (tertiary/aromatic N) is 2. The van der Waals surface area contributed by atoms with Gasteiger partial charge in [0.05, 0.1) is 14.1 Å². The van der Waals surface area contributed by atoms with Crippen molar-refractivity contribution in [2.75, 3.05) is 14.1 Å². The lowest BCUT2D eigenvalue weighted by molar-refractivity contribution is -0.910. The smallest absolute Gasteiger partial charge is 0.152 e. The Labute approximate surface area is 102 Å². The van der Waals surface area contributed by atoms with E-state index in [-0.39, 0.29) is 17.0 Å². The zero-order valence-electron chi connectivity index (χ0n) is 9.44. The van der Waals surface area contributed by atoms with Crippen molar-refractivity contribution in [3.63, 3.8) is 0 Å². The summed E-state index contributed by atoms with van der Waals surface area (Å²) in [5, 5.41) is 4.34. The largest absolute Gasteiger partial charge is 1.00 e. The molecule has 0 bridgehead atoms. The molecule has 0 aliphatic rings. The van der Waals surface area contributed by atoms with E-state index >= 15 is 0 Å². The first kappa shape index (κ1) is 14.1. The van der Waals surface area contributed by atoms with E-state index in [1.54, 1.807) is 0 Å². The molecule has 0 saturated heterocycles. The predicted molar refractivity (Wildman–Crippen MR) is 59.6 cm³/mol. The molecular formula is C11H18BrN3. The number of nitrogens with two attached hydrogens (primary N) is 1. The fraction of sp³-hybridized carbons (Fsp3) is 0.364. The van der Waals surface area contributed by atoms with Crippen LogP contribution in [0.2, 0.25) is 0 Å². The second kappa shape index (κ2) is 5.88. The highest BCUT2D eigenvalue weighted by Crippen LogP contribution is 2.09. The van der Waals surface area contributed by atoms with Crippen LogP contribution in [0.5, 0.6) is 0 Å². The zero-order chi connectivity index (χ0) is 10.6. The maximum atomic E-state index is 5.57. The van der Waals surface area contributed by atoms with Crippen molar-refractivity contribution in [1.29, 1.82) is 0 Å². The first-order chi connectivity index (χ1) is 6.49. The van der Waals surface area contributed by atoms with Gasteiger partial charge in [-0.1, -0.05) is 35.4 Å². The number of quaternary nitrogens is 1. The molecule has 0 atom stereocenters. The molecule has 0 radical (unpaired) electrons. The van der Waals surface area contributed by atoms with E-state index in [1.807, 2.05) is 39.2 Å². The quantitative estimate of drug-likeness (QED) is 0.311. The topological polar surface area (TPSA) is 38.4 Å². The van der Waals surface area contributed by atoms with E-state index in [4.69, 9.17) is 5.73 Å². The minimum atomic E-state index is 0. The minimum absolute atomic E-state index is 0. The lowest BCUT2D eigenvalue weighted by Gasteiger charge is -2.22. The maximum absolute atomic E-state index is 5.57. The number of hydrogen-bond donors (Lipinski definition) is 1. The molecule has 0 aliphatic heterocycles. The Bertz CT molecular complexity index is 316. The monoisotopic (exact) mass is 271 g/mol. The highest BCUT2D eigenvalue weighted by atomic mass is 79.9. The van der Waals surface area contributed by atoms with Gasteiger partial charge in [-0.2, -0.15) is 4.59 Å². The van der Waals surface area contributed by atoms with Crippen molar-refractivity contribution in [2.24, 2.45) is 10.8 Å². The summed E-state index contributed by atoms with van der Waals surface area (Å²) in [7, 11) is 4.06. The molecule has 0 heterocycles. The van der Waals surface area contributed by atoms with Crippen LogP contribution in [-0.2, 0) is 6.54 Å². The molecule has 0 aliphatic carbocycles. The number of amidine groups is 1. The van der Waals surface area contributed by atoms with Crippen molar-refractivity contribution >= 4 is 5.84 Å². The van der Waals surface area contributed by atoms with Gasteiger partial charge in [-0.05, 0) is 6.92 Å². The molecule has 3 nitrogen and oxygen atoms in total. The molecule has 0 saturated carbocycles. The van der Waals surface area contributed by atoms with Crippen molar-refractivity contribution in [3.8, 4) is 0 Å². The number of benzene rings is 1. The molecular weight excluding hydrogens is 254 g/mol. The molecule has 4 heteroatoms. The first-order valence-corrected chi connectivity index (χ1v) is 4.69. The summed E-state index contributed by atoms with van der Waals surface area (Å²) in [4.78, 5) is 0. The second-order valence-electron chi connectivity index (χ2n) is 4.01. The molecule has 15 heavy (non-hydrogen) atoms. The fourth-order valence-electron chi connectivity index (χ4n) is 1.49. The molecule has 0 amide bonds. The van der Waals surface area contributed by atoms with Crippen LogP contribution in [0.4, 0.5) is 0 Å². The van der Waals surface area contributed by atoms with Gasteiger partial charge in [-0.25, -0.2) is 0 Å². The number of halogens is 1. The third kappa shape index (κ3) is 5.54. The molecule has 0 fully saturated rings. The van der Waals surface area contributed by atoms with Crippen LogP contribution in [0.1, 0.15) is 12.5 Å². The van der Waals surface area contributed by atoms with E-state index in [0.717, 1.165) is 6.54 Å². The highest BCUT2D eigenvalue weighted by Gasteiger charge is 2.14. The third-order valence-electron chi connectivity index (χ3n) is 1.84. The molecule has 2 N–H and O–H groups in total. The first-order valence-electron chi connectivity index (χ1n) is 4.69. The Morgan fingerprint density at radius 2 is 1.80 bits per heavy atom. The molecule has 84 valence electrons. The van der Waals surface area contributed by atoms with Gasteiger partial charge >= 0.3 is 0 Å². The van der Waals surface area contributed by atoms with Crippen molar-refractivity contribution in [1.82, 2.24) is 0 Å². The van der Waals surface area contributed by atoms with E-state index in [0.29, 0.717) is 10.4 Å². The van der Waals surface area contributed by atoms with Crippen molar-refractivity contribution in [2.45, 2.75) is 13.5 Å². The van der Waals surface area contributed by atoms with Crippen LogP contribution in [0, 0.1) is 0 Å². The molecule has 0 spiro atoms. The van der Waals surface area contributed by atoms with Gasteiger partial charge in [-0.15, -0.1) is 0 Å². The Morgan fingerprint density at radius 3 is 2.27 bits per heavy atom. The molecule has 1 aromatic carbocycles. The van der Waals surface area contributed by atoms with Crippen molar-refractivity contribution in [3.05, 3.63) is 35.9 Å². The summed E-state index contributed by atoms with van der Waals surface area (Å²) in [5.74, 6) is 0.617. The van der Waals surface area contributed by atoms with Crippen LogP contribution in [0.25, 0.3) is 0 Å². The summed E-state index contributed by atoms with van der Waals surface area (Å²) >= 11 is 0. The Kier molecular flexibility index (Phi) is 5.54. The van der Waals surface area contributed by atoms with E-state index in [9.17, 15) is 0 Å². The summed E-state index contributed by atoms with van der Waals surface area (Å²) < 4.78 is 0.534. The minimum Gasteiger partial charge on any atom is -1.00 e. The number of rotatable bonds is 3. The second-order valence-corrected chi connectivity index (χ2v) is 4.01. The third-order valence-corrected chi connectivity index (χ3v) is 1.84. The van der Waals surface area contributed by atoms with Gasteiger partial charge < -0.3 is 22.7 Å². The van der Waals surface area contributed by atoms with Crippen LogP contribution in [0.3, 0.4) is 0 Å². The fourth-order valence-corrected chi connectivity index (χ4v) is 1.49. The summed E-state index contributed by atoms with van der Waals surface area (Å²) in [5.41, 5.74) is 6.83. The zero-order valence-corrected chi connectivity index (χ0v) is 11.0. The van der Waals surface area contributed by atoms with Gasteiger partial charge in [0.15, 0.2) is 5.84 Å². The van der Waals surface area contributed by atoms with Gasteiger partial charge in [0.1, 0.15) is 6.54 Å². The molecule has 0 aromatic heterocycles. The van der Waals surface area contributed by atoms with Crippen LogP contribution in [-0.4, -0.2) is 24.5 Å². The van der Waals surface area contributed by atoms with E-state index < -0.39 is 0 Å². The molecule has 0 unspecified atom stereocenters. The van der Waals surface area contributed by atoms with Crippen LogP contribution < -0.4 is 22.7 Å². The van der Waals surface area contributed by atoms with Crippen LogP contribution in [0.15, 0.2) is 35.4 Å². The molecule has 1 rings (SSSR count). The van der Waals surface area contributed by atoms with Gasteiger partial charge in [0, 0.05) is 5.56 Å². The van der Waals surface area contributed by atoms with Crippen LogP contribution >= 0.6 is 0 Å². The molecule has 1 aromatic rings. The van der Waals surface area contributed by atoms with Crippen molar-refractivity contribution < 1.29 is 21.6 Å². The summed E-state index contributed by atoms with van der Waals surface area (Å²) in [6.07, 6.45) is 0. The standard InChI is InChI=1S/C11H18N3.BrH/c1-10(12)13-14(2,3)9-11-7-5-4-6-8-11;/h4-8H,9H2,1-3H3,(H2,12,13);1H/q+1;/p-1. The normalized spacial score (nSPS) is 12.1. The summed E-state index contributed by atoms with van der Waals surface area (Å²) in [6, 6.07) is 10.3. The average Bonchev–Trinajstić information content (AvgIpc) is 2.02. The highest BCUT2D eigenvalue weighted by molar-refractivity contribution is 5.76. The lowest BCUT2D eigenvalue weighted by Crippen LogP contribution is -3.00.